The van der Waals surface area contributed by atoms with E-state index in [-0.39, 0.29) is 23.4 Å². The Balaban J connectivity index is 2.04. The van der Waals surface area contributed by atoms with Gasteiger partial charge in [-0.3, -0.25) is 4.79 Å². The molecule has 0 radical (unpaired) electrons. The summed E-state index contributed by atoms with van der Waals surface area (Å²) in [4.78, 5) is 12.3. The van der Waals surface area contributed by atoms with Gasteiger partial charge in [0.1, 0.15) is 6.54 Å². The van der Waals surface area contributed by atoms with Gasteiger partial charge in [0.2, 0.25) is 5.91 Å². The quantitative estimate of drug-likeness (QED) is 0.782. The minimum atomic E-state index is -4.31. The number of carbonyl (C=O) groups is 1. The lowest BCUT2D eigenvalue weighted by atomic mass is 9.95. The van der Waals surface area contributed by atoms with Crippen LogP contribution >= 0.6 is 0 Å². The highest BCUT2D eigenvalue weighted by Gasteiger charge is 2.32. The monoisotopic (exact) mass is 315 g/mol. The first-order valence-electron chi connectivity index (χ1n) is 7.31. The highest BCUT2D eigenvalue weighted by atomic mass is 19.4. The molecule has 0 aromatic heterocycles. The number of benzene rings is 1. The van der Waals surface area contributed by atoms with Crippen LogP contribution in [0.15, 0.2) is 24.3 Å². The van der Waals surface area contributed by atoms with Gasteiger partial charge in [0.25, 0.3) is 0 Å². The number of nitrogens with two attached hydrogens (primary N) is 1. The van der Waals surface area contributed by atoms with E-state index in [1.165, 1.54) is 6.07 Å². The van der Waals surface area contributed by atoms with E-state index in [9.17, 15) is 18.0 Å². The molecule has 1 amide bonds. The van der Waals surface area contributed by atoms with Gasteiger partial charge in [0, 0.05) is 5.92 Å². The average Bonchev–Trinajstić information content (AvgIpc) is 2.94. The Hall–Kier alpha value is -1.76. The summed E-state index contributed by atoms with van der Waals surface area (Å²) in [5.74, 6) is -0.190. The number of nitrogens with one attached hydrogen (secondary N) is 2. The summed E-state index contributed by atoms with van der Waals surface area (Å²) in [6, 6.07) is 6.38. The summed E-state index contributed by atoms with van der Waals surface area (Å²) >= 11 is 0. The number of amides is 1. The Kier molecular flexibility index (Phi) is 5.28. The highest BCUT2D eigenvalue weighted by Crippen LogP contribution is 2.33. The molecule has 122 valence electrons. The van der Waals surface area contributed by atoms with Gasteiger partial charge in [-0.1, -0.05) is 18.6 Å². The third-order valence-corrected chi connectivity index (χ3v) is 3.96. The van der Waals surface area contributed by atoms with E-state index in [1.54, 1.807) is 18.2 Å². The standard InChI is InChI=1S/C15H20F3N3O/c16-15(17,18)9-20-12-6-1-2-7-13(12)21-14(22)11-5-3-4-10(11)8-19/h1-2,6-7,10-11,20H,3-5,8-9,19H2,(H,21,22)/t10-,11-/m1/s1. The van der Waals surface area contributed by atoms with Gasteiger partial charge in [0.15, 0.2) is 0 Å². The van der Waals surface area contributed by atoms with Crippen molar-refractivity contribution in [3.8, 4) is 0 Å². The third-order valence-electron chi connectivity index (χ3n) is 3.96. The zero-order valence-corrected chi connectivity index (χ0v) is 12.1. The lowest BCUT2D eigenvalue weighted by molar-refractivity contribution is -0.120. The molecule has 1 fully saturated rings. The van der Waals surface area contributed by atoms with E-state index < -0.39 is 12.7 Å². The SMILES string of the molecule is NC[C@H]1CCC[C@H]1C(=O)Nc1ccccc1NCC(F)(F)F. The fraction of sp³-hybridized carbons (Fsp3) is 0.533. The number of hydrogen-bond acceptors (Lipinski definition) is 3. The molecule has 0 heterocycles. The second-order valence-corrected chi connectivity index (χ2v) is 5.54. The zero-order chi connectivity index (χ0) is 16.2. The van der Waals surface area contributed by atoms with Crippen LogP contribution in [-0.2, 0) is 4.79 Å². The lowest BCUT2D eigenvalue weighted by Gasteiger charge is -2.19. The number of alkyl halides is 3. The first-order chi connectivity index (χ1) is 10.4. The van der Waals surface area contributed by atoms with Crippen molar-refractivity contribution >= 4 is 17.3 Å². The Morgan fingerprint density at radius 1 is 1.23 bits per heavy atom. The fourth-order valence-electron chi connectivity index (χ4n) is 2.83. The molecule has 0 bridgehead atoms. The normalized spacial score (nSPS) is 21.6. The molecule has 0 aliphatic heterocycles. The van der Waals surface area contributed by atoms with E-state index >= 15 is 0 Å². The molecule has 4 nitrogen and oxygen atoms in total. The minimum Gasteiger partial charge on any atom is -0.375 e. The van der Waals surface area contributed by atoms with Gasteiger partial charge in [-0.15, -0.1) is 0 Å². The molecule has 1 aromatic rings. The van der Waals surface area contributed by atoms with E-state index in [2.05, 4.69) is 10.6 Å². The van der Waals surface area contributed by atoms with Gasteiger partial charge in [0.05, 0.1) is 11.4 Å². The highest BCUT2D eigenvalue weighted by molar-refractivity contribution is 5.96. The molecule has 0 spiro atoms. The minimum absolute atomic E-state index is 0.148. The Labute approximate surface area is 127 Å². The summed E-state index contributed by atoms with van der Waals surface area (Å²) in [6.45, 7) is -0.694. The molecule has 2 atom stereocenters. The van der Waals surface area contributed by atoms with Crippen molar-refractivity contribution in [3.63, 3.8) is 0 Å². The first-order valence-corrected chi connectivity index (χ1v) is 7.31. The molecule has 0 saturated heterocycles. The average molecular weight is 315 g/mol. The van der Waals surface area contributed by atoms with Crippen LogP contribution in [-0.4, -0.2) is 25.2 Å². The second kappa shape index (κ2) is 7.00. The van der Waals surface area contributed by atoms with Crippen molar-refractivity contribution in [1.82, 2.24) is 0 Å². The predicted molar refractivity (Wildman–Crippen MR) is 79.5 cm³/mol. The second-order valence-electron chi connectivity index (χ2n) is 5.54. The number of hydrogen-bond donors (Lipinski definition) is 3. The topological polar surface area (TPSA) is 67.2 Å². The van der Waals surface area contributed by atoms with E-state index in [0.717, 1.165) is 19.3 Å². The number of carbonyl (C=O) groups excluding carboxylic acids is 1. The fourth-order valence-corrected chi connectivity index (χ4v) is 2.83. The third kappa shape index (κ3) is 4.37. The van der Waals surface area contributed by atoms with Crippen molar-refractivity contribution in [2.75, 3.05) is 23.7 Å². The molecule has 22 heavy (non-hydrogen) atoms. The maximum Gasteiger partial charge on any atom is 0.405 e. The van der Waals surface area contributed by atoms with Crippen molar-refractivity contribution in [1.29, 1.82) is 0 Å². The molecule has 7 heteroatoms. The predicted octanol–water partition coefficient (Wildman–Crippen LogP) is 2.97. The van der Waals surface area contributed by atoms with E-state index in [0.29, 0.717) is 12.2 Å². The van der Waals surface area contributed by atoms with Crippen molar-refractivity contribution in [3.05, 3.63) is 24.3 Å². The zero-order valence-electron chi connectivity index (χ0n) is 12.1. The molecule has 1 aromatic carbocycles. The largest absolute Gasteiger partial charge is 0.405 e. The molecule has 4 N–H and O–H groups in total. The smallest absolute Gasteiger partial charge is 0.375 e. The van der Waals surface area contributed by atoms with Crippen molar-refractivity contribution in [2.24, 2.45) is 17.6 Å². The van der Waals surface area contributed by atoms with Crippen LogP contribution in [0.3, 0.4) is 0 Å². The molecule has 2 rings (SSSR count). The van der Waals surface area contributed by atoms with Gasteiger partial charge >= 0.3 is 6.18 Å². The molecular weight excluding hydrogens is 295 g/mol. The van der Waals surface area contributed by atoms with Gasteiger partial charge < -0.3 is 16.4 Å². The number of para-hydroxylation sites is 2. The van der Waals surface area contributed by atoms with Crippen LogP contribution in [0.4, 0.5) is 24.5 Å². The molecule has 0 unspecified atom stereocenters. The maximum absolute atomic E-state index is 12.3. The van der Waals surface area contributed by atoms with Gasteiger partial charge in [-0.25, -0.2) is 0 Å². The van der Waals surface area contributed by atoms with Crippen LogP contribution in [0.2, 0.25) is 0 Å². The van der Waals surface area contributed by atoms with Gasteiger partial charge in [-0.2, -0.15) is 13.2 Å². The lowest BCUT2D eigenvalue weighted by Crippen LogP contribution is -2.30. The van der Waals surface area contributed by atoms with Crippen LogP contribution in [0.25, 0.3) is 0 Å². The Morgan fingerprint density at radius 3 is 2.55 bits per heavy atom. The van der Waals surface area contributed by atoms with Crippen LogP contribution in [0, 0.1) is 11.8 Å². The number of rotatable bonds is 5. The number of halogens is 3. The van der Waals surface area contributed by atoms with Crippen LogP contribution < -0.4 is 16.4 Å². The number of anilines is 2. The molecule has 1 aliphatic carbocycles. The van der Waals surface area contributed by atoms with Gasteiger partial charge in [-0.05, 0) is 37.4 Å². The first kappa shape index (κ1) is 16.6. The molecule has 1 aliphatic rings. The van der Waals surface area contributed by atoms with E-state index in [1.807, 2.05) is 0 Å². The van der Waals surface area contributed by atoms with Crippen molar-refractivity contribution < 1.29 is 18.0 Å². The summed E-state index contributed by atoms with van der Waals surface area (Å²) < 4.78 is 36.9. The Bertz CT molecular complexity index is 519. The van der Waals surface area contributed by atoms with Crippen molar-refractivity contribution in [2.45, 2.75) is 25.4 Å². The summed E-state index contributed by atoms with van der Waals surface area (Å²) in [5.41, 5.74) is 6.28. The maximum atomic E-state index is 12.3. The molecular formula is C15H20F3N3O. The van der Waals surface area contributed by atoms with Crippen LogP contribution in [0.1, 0.15) is 19.3 Å². The Morgan fingerprint density at radius 2 is 1.91 bits per heavy atom. The molecule has 1 saturated carbocycles. The summed E-state index contributed by atoms with van der Waals surface area (Å²) in [5, 5.41) is 5.04. The summed E-state index contributed by atoms with van der Waals surface area (Å²) in [6.07, 6.45) is -1.67. The van der Waals surface area contributed by atoms with E-state index in [4.69, 9.17) is 5.73 Å². The summed E-state index contributed by atoms with van der Waals surface area (Å²) in [7, 11) is 0. The van der Waals surface area contributed by atoms with Crippen LogP contribution in [0.5, 0.6) is 0 Å².